The third-order valence-corrected chi connectivity index (χ3v) is 2.78. The van der Waals surface area contributed by atoms with Crippen LogP contribution in [0.4, 0.5) is 0 Å². The van der Waals surface area contributed by atoms with Crippen LogP contribution in [0.3, 0.4) is 0 Å². The molecule has 116 valence electrons. The number of nitrogens with one attached hydrogen (secondary N) is 1. The molecule has 2 aromatic rings. The number of nitrogens with two attached hydrogens (primary N) is 1. The Kier molecular flexibility index (Phi) is 4.59. The van der Waals surface area contributed by atoms with Crippen LogP contribution in [0.25, 0.3) is 11.3 Å². The zero-order chi connectivity index (χ0) is 16.2. The van der Waals surface area contributed by atoms with Gasteiger partial charge in [-0.25, -0.2) is 5.48 Å². The maximum absolute atomic E-state index is 11.8. The van der Waals surface area contributed by atoms with Gasteiger partial charge in [0.05, 0.1) is 6.26 Å². The lowest BCUT2D eigenvalue weighted by Crippen LogP contribution is -2.34. The van der Waals surface area contributed by atoms with Crippen molar-refractivity contribution in [3.63, 3.8) is 0 Å². The van der Waals surface area contributed by atoms with Gasteiger partial charge in [0.15, 0.2) is 5.76 Å². The van der Waals surface area contributed by atoms with Gasteiger partial charge in [-0.1, -0.05) is 30.3 Å². The van der Waals surface area contributed by atoms with E-state index in [1.165, 1.54) is 6.07 Å². The Morgan fingerprint density at radius 1 is 1.23 bits per heavy atom. The quantitative estimate of drug-likeness (QED) is 0.486. The minimum Gasteiger partial charge on any atom is -0.451 e. The average Bonchev–Trinajstić information content (AvgIpc) is 2.95. The van der Waals surface area contributed by atoms with E-state index < -0.39 is 22.0 Å². The van der Waals surface area contributed by atoms with Crippen LogP contribution in [0.2, 0.25) is 0 Å². The van der Waals surface area contributed by atoms with Gasteiger partial charge in [-0.2, -0.15) is 13.4 Å². The molecule has 0 saturated carbocycles. The maximum Gasteiger partial charge on any atom is 0.315 e. The summed E-state index contributed by atoms with van der Waals surface area (Å²) in [4.78, 5) is 15.2. The summed E-state index contributed by atoms with van der Waals surface area (Å²) in [5.41, 5.74) is 7.97. The Morgan fingerprint density at radius 3 is 2.55 bits per heavy atom. The predicted molar refractivity (Wildman–Crippen MR) is 79.2 cm³/mol. The van der Waals surface area contributed by atoms with Crippen molar-refractivity contribution < 1.29 is 21.9 Å². The molecule has 0 fully saturated rings. The molecular formula is C13H13N3O5S. The first-order chi connectivity index (χ1) is 10.3. The molecule has 0 spiro atoms. The molecule has 0 aliphatic heterocycles. The van der Waals surface area contributed by atoms with E-state index in [1.807, 2.05) is 35.8 Å². The summed E-state index contributed by atoms with van der Waals surface area (Å²) in [6.07, 6.45) is 0.813. The lowest BCUT2D eigenvalue weighted by atomic mass is 10.2. The number of hydroxylamine groups is 1. The largest absolute Gasteiger partial charge is 0.451 e. The molecule has 1 aromatic carbocycles. The molecule has 1 aromatic heterocycles. The minimum absolute atomic E-state index is 0.0389. The van der Waals surface area contributed by atoms with Crippen LogP contribution in [0, 0.1) is 0 Å². The topological polar surface area (TPSA) is 124 Å². The third-order valence-electron chi connectivity index (χ3n) is 2.39. The summed E-state index contributed by atoms with van der Waals surface area (Å²) in [7, 11) is -3.76. The molecule has 0 bridgehead atoms. The van der Waals surface area contributed by atoms with Crippen molar-refractivity contribution >= 4 is 22.0 Å². The van der Waals surface area contributed by atoms with E-state index in [0.717, 1.165) is 11.8 Å². The number of aliphatic imine (C=N–C) groups is 1. The molecule has 2 rings (SSSR count). The first-order valence-corrected chi connectivity index (χ1v) is 7.85. The fraction of sp³-hybridized carbons (Fsp3) is 0.0769. The van der Waals surface area contributed by atoms with Crippen molar-refractivity contribution in [1.82, 2.24) is 5.48 Å². The van der Waals surface area contributed by atoms with Crippen LogP contribution >= 0.6 is 0 Å². The Labute approximate surface area is 126 Å². The Hall–Kier alpha value is -2.65. The van der Waals surface area contributed by atoms with Crippen LogP contribution in [0.5, 0.6) is 0 Å². The van der Waals surface area contributed by atoms with Crippen LogP contribution < -0.4 is 11.2 Å². The van der Waals surface area contributed by atoms with Crippen LogP contribution in [0.15, 0.2) is 51.9 Å². The normalized spacial score (nSPS) is 12.1. The van der Waals surface area contributed by atoms with Gasteiger partial charge in [-0.05, 0) is 12.1 Å². The standard InChI is InChI=1S/C13H13N3O5S/c1-22(18,19)21-16-13(14)15-12(17)11-8-7-10(20-11)9-5-3-2-4-6-9/h2-8H,1H3,(H3,14,15,16,17). The zero-order valence-electron chi connectivity index (χ0n) is 11.5. The Morgan fingerprint density at radius 2 is 1.91 bits per heavy atom. The lowest BCUT2D eigenvalue weighted by Gasteiger charge is -2.01. The molecule has 3 N–H and O–H groups in total. The molecule has 22 heavy (non-hydrogen) atoms. The number of guanidine groups is 1. The first-order valence-electron chi connectivity index (χ1n) is 6.03. The summed E-state index contributed by atoms with van der Waals surface area (Å²) in [6, 6.07) is 12.2. The molecule has 9 heteroatoms. The highest BCUT2D eigenvalue weighted by molar-refractivity contribution is 7.85. The lowest BCUT2D eigenvalue weighted by molar-refractivity contribution is 0.0975. The third kappa shape index (κ3) is 4.43. The van der Waals surface area contributed by atoms with Gasteiger partial charge in [0, 0.05) is 5.56 Å². The molecule has 0 unspecified atom stereocenters. The van der Waals surface area contributed by atoms with Gasteiger partial charge in [0.25, 0.3) is 10.1 Å². The molecule has 1 amide bonds. The van der Waals surface area contributed by atoms with Crippen LogP contribution in [-0.4, -0.2) is 26.5 Å². The van der Waals surface area contributed by atoms with E-state index in [9.17, 15) is 13.2 Å². The Bertz CT molecular complexity index is 796. The smallest absolute Gasteiger partial charge is 0.315 e. The van der Waals surface area contributed by atoms with E-state index in [2.05, 4.69) is 9.28 Å². The van der Waals surface area contributed by atoms with Gasteiger partial charge in [-0.15, -0.1) is 4.28 Å². The SMILES string of the molecule is CS(=O)(=O)ONC(N)=NC(=O)c1ccc(-c2ccccc2)o1. The number of benzene rings is 1. The summed E-state index contributed by atoms with van der Waals surface area (Å²) in [5, 5.41) is 0. The number of furan rings is 1. The molecule has 0 saturated heterocycles. The second kappa shape index (κ2) is 6.41. The number of amides is 1. The molecule has 0 atom stereocenters. The zero-order valence-corrected chi connectivity index (χ0v) is 12.3. The van der Waals surface area contributed by atoms with Crippen molar-refractivity contribution in [3.8, 4) is 11.3 Å². The van der Waals surface area contributed by atoms with Crippen molar-refractivity contribution in [2.24, 2.45) is 10.7 Å². The van der Waals surface area contributed by atoms with Crippen molar-refractivity contribution in [1.29, 1.82) is 0 Å². The summed E-state index contributed by atoms with van der Waals surface area (Å²) in [6.45, 7) is 0. The number of rotatable bonds is 4. The van der Waals surface area contributed by atoms with Gasteiger partial charge >= 0.3 is 5.91 Å². The van der Waals surface area contributed by atoms with E-state index >= 15 is 0 Å². The second-order valence-electron chi connectivity index (χ2n) is 4.22. The Balaban J connectivity index is 2.09. The second-order valence-corrected chi connectivity index (χ2v) is 5.80. The van der Waals surface area contributed by atoms with Crippen molar-refractivity contribution in [2.75, 3.05) is 6.26 Å². The molecule has 8 nitrogen and oxygen atoms in total. The van der Waals surface area contributed by atoms with Crippen LogP contribution in [-0.2, 0) is 14.4 Å². The molecule has 0 aliphatic carbocycles. The number of hydrogen-bond acceptors (Lipinski definition) is 5. The van der Waals surface area contributed by atoms with Gasteiger partial charge in [0.1, 0.15) is 5.76 Å². The van der Waals surface area contributed by atoms with E-state index in [1.54, 1.807) is 6.07 Å². The van der Waals surface area contributed by atoms with E-state index in [4.69, 9.17) is 10.2 Å². The number of carbonyl (C=O) groups is 1. The van der Waals surface area contributed by atoms with E-state index in [-0.39, 0.29) is 5.76 Å². The average molecular weight is 323 g/mol. The van der Waals surface area contributed by atoms with Gasteiger partial charge in [0.2, 0.25) is 5.96 Å². The molecule has 1 heterocycles. The monoisotopic (exact) mass is 323 g/mol. The van der Waals surface area contributed by atoms with E-state index in [0.29, 0.717) is 5.76 Å². The van der Waals surface area contributed by atoms with Crippen molar-refractivity contribution in [3.05, 3.63) is 48.2 Å². The number of nitrogens with zero attached hydrogens (tertiary/aromatic N) is 1. The molecule has 0 radical (unpaired) electrons. The molecular weight excluding hydrogens is 310 g/mol. The number of carbonyl (C=O) groups excluding carboxylic acids is 1. The maximum atomic E-state index is 11.8. The minimum atomic E-state index is -3.76. The molecule has 0 aliphatic rings. The summed E-state index contributed by atoms with van der Waals surface area (Å²) < 4.78 is 31.1. The number of hydrogen-bond donors (Lipinski definition) is 2. The van der Waals surface area contributed by atoms with Crippen LogP contribution in [0.1, 0.15) is 10.6 Å². The fourth-order valence-corrected chi connectivity index (χ4v) is 1.75. The van der Waals surface area contributed by atoms with Gasteiger partial charge < -0.3 is 10.2 Å². The fourth-order valence-electron chi connectivity index (χ4n) is 1.52. The van der Waals surface area contributed by atoms with Crippen molar-refractivity contribution in [2.45, 2.75) is 0 Å². The highest BCUT2D eigenvalue weighted by atomic mass is 32.2. The predicted octanol–water partition coefficient (Wildman–Crippen LogP) is 0.882. The summed E-state index contributed by atoms with van der Waals surface area (Å²) in [5.74, 6) is -0.821. The summed E-state index contributed by atoms with van der Waals surface area (Å²) >= 11 is 0. The van der Waals surface area contributed by atoms with Gasteiger partial charge in [-0.3, -0.25) is 4.79 Å². The highest BCUT2D eigenvalue weighted by Crippen LogP contribution is 2.21. The first kappa shape index (κ1) is 15.7. The highest BCUT2D eigenvalue weighted by Gasteiger charge is 2.12.